The Morgan fingerprint density at radius 2 is 1.26 bits per heavy atom. The van der Waals surface area contributed by atoms with E-state index < -0.39 is 0 Å². The fourth-order valence-electron chi connectivity index (χ4n) is 2.66. The third kappa shape index (κ3) is 5.34. The summed E-state index contributed by atoms with van der Waals surface area (Å²) in [4.78, 5) is 0. The predicted octanol–water partition coefficient (Wildman–Crippen LogP) is 5.89. The van der Waals surface area contributed by atoms with Crippen LogP contribution in [0, 0.1) is 36.4 Å². The van der Waals surface area contributed by atoms with E-state index >= 15 is 0 Å². The van der Waals surface area contributed by atoms with Gasteiger partial charge in [0, 0.05) is 16.7 Å². The van der Waals surface area contributed by atoms with Crippen molar-refractivity contribution in [2.24, 2.45) is 0 Å². The smallest absolute Gasteiger partial charge is 0.140 e. The van der Waals surface area contributed by atoms with Gasteiger partial charge in [-0.3, -0.25) is 0 Å². The number of hydrogen-bond donors (Lipinski definition) is 0. The molecule has 0 saturated heterocycles. The van der Waals surface area contributed by atoms with E-state index in [1.165, 1.54) is 17.2 Å². The van der Waals surface area contributed by atoms with Gasteiger partial charge in [-0.25, -0.2) is 4.39 Å². The van der Waals surface area contributed by atoms with Crippen molar-refractivity contribution < 1.29 is 4.39 Å². The molecule has 0 heterocycles. The molecule has 0 spiro atoms. The highest BCUT2D eigenvalue weighted by atomic mass is 19.1. The van der Waals surface area contributed by atoms with E-state index in [1.54, 1.807) is 12.1 Å². The van der Waals surface area contributed by atoms with Crippen LogP contribution in [-0.4, -0.2) is 0 Å². The van der Waals surface area contributed by atoms with Crippen molar-refractivity contribution in [2.75, 3.05) is 0 Å². The summed E-state index contributed by atoms with van der Waals surface area (Å²) in [6, 6.07) is 21.0. The second-order valence-corrected chi connectivity index (χ2v) is 6.51. The lowest BCUT2D eigenvalue weighted by Gasteiger charge is -1.98. The van der Waals surface area contributed by atoms with Crippen LogP contribution in [0.25, 0.3) is 0 Å². The molecule has 1 heteroatoms. The average molecular weight is 352 g/mol. The Labute approximate surface area is 161 Å². The first-order chi connectivity index (χ1) is 13.1. The lowest BCUT2D eigenvalue weighted by atomic mass is 10.1. The number of aryl methyl sites for hydroxylation is 2. The Hall–Kier alpha value is -3.29. The lowest BCUT2D eigenvalue weighted by Crippen LogP contribution is -1.86. The Morgan fingerprint density at radius 3 is 1.89 bits per heavy atom. The maximum Gasteiger partial charge on any atom is 0.140 e. The van der Waals surface area contributed by atoms with Gasteiger partial charge in [0.2, 0.25) is 0 Å². The molecule has 0 N–H and O–H groups in total. The van der Waals surface area contributed by atoms with Crippen molar-refractivity contribution in [3.63, 3.8) is 0 Å². The highest BCUT2D eigenvalue weighted by Crippen LogP contribution is 2.10. The first-order valence-electron chi connectivity index (χ1n) is 9.13. The van der Waals surface area contributed by atoms with Gasteiger partial charge in [0.1, 0.15) is 5.82 Å². The Morgan fingerprint density at radius 1 is 0.704 bits per heavy atom. The Bertz CT molecular complexity index is 1030. The van der Waals surface area contributed by atoms with Gasteiger partial charge in [-0.2, -0.15) is 0 Å². The summed E-state index contributed by atoms with van der Waals surface area (Å²) in [5, 5.41) is 0. The monoisotopic (exact) mass is 352 g/mol. The molecule has 0 aromatic heterocycles. The van der Waals surface area contributed by atoms with Crippen LogP contribution in [0.1, 0.15) is 46.7 Å². The second-order valence-electron chi connectivity index (χ2n) is 6.51. The Kier molecular flexibility index (Phi) is 6.09. The van der Waals surface area contributed by atoms with Crippen LogP contribution in [0.2, 0.25) is 0 Å². The number of halogens is 1. The van der Waals surface area contributed by atoms with Crippen LogP contribution in [0.5, 0.6) is 0 Å². The van der Waals surface area contributed by atoms with Crippen LogP contribution < -0.4 is 0 Å². The fraction of sp³-hybridized carbons (Fsp3) is 0.154. The van der Waals surface area contributed by atoms with Crippen molar-refractivity contribution in [3.05, 3.63) is 106 Å². The molecule has 0 aliphatic heterocycles. The third-order valence-corrected chi connectivity index (χ3v) is 4.21. The molecule has 0 saturated carbocycles. The molecule has 0 unspecified atom stereocenters. The summed E-state index contributed by atoms with van der Waals surface area (Å²) in [6.45, 7) is 4.19. The van der Waals surface area contributed by atoms with Crippen LogP contribution >= 0.6 is 0 Å². The molecular formula is C26H21F. The molecule has 0 aliphatic rings. The molecule has 0 nitrogen and oxygen atoms in total. The van der Waals surface area contributed by atoms with E-state index in [0.717, 1.165) is 24.0 Å². The molecule has 0 fully saturated rings. The molecule has 0 amide bonds. The predicted molar refractivity (Wildman–Crippen MR) is 110 cm³/mol. The van der Waals surface area contributed by atoms with Gasteiger partial charge in [0.05, 0.1) is 5.56 Å². The van der Waals surface area contributed by atoms with Crippen molar-refractivity contribution in [1.82, 2.24) is 0 Å². The molecule has 0 aliphatic carbocycles. The lowest BCUT2D eigenvalue weighted by molar-refractivity contribution is 0.624. The zero-order valence-corrected chi connectivity index (χ0v) is 15.6. The molecule has 3 aromatic carbocycles. The van der Waals surface area contributed by atoms with Gasteiger partial charge in [-0.1, -0.05) is 66.9 Å². The van der Waals surface area contributed by atoms with Crippen LogP contribution in [-0.2, 0) is 6.42 Å². The van der Waals surface area contributed by atoms with Crippen LogP contribution in [0.15, 0.2) is 66.7 Å². The van der Waals surface area contributed by atoms with E-state index in [0.29, 0.717) is 11.1 Å². The number of benzene rings is 3. The summed E-state index contributed by atoms with van der Waals surface area (Å²) in [5.41, 5.74) is 5.31. The zero-order valence-electron chi connectivity index (χ0n) is 15.6. The van der Waals surface area contributed by atoms with E-state index in [9.17, 15) is 4.39 Å². The highest BCUT2D eigenvalue weighted by Gasteiger charge is 2.00. The summed E-state index contributed by atoms with van der Waals surface area (Å²) < 4.78 is 14.3. The summed E-state index contributed by atoms with van der Waals surface area (Å²) in [7, 11) is 0. The van der Waals surface area contributed by atoms with Crippen LogP contribution in [0.4, 0.5) is 4.39 Å². The number of rotatable bonds is 2. The largest absolute Gasteiger partial charge is 0.206 e. The van der Waals surface area contributed by atoms with E-state index in [1.807, 2.05) is 43.3 Å². The molecule has 27 heavy (non-hydrogen) atoms. The first-order valence-corrected chi connectivity index (χ1v) is 9.13. The number of hydrogen-bond acceptors (Lipinski definition) is 0. The van der Waals surface area contributed by atoms with Gasteiger partial charge in [0.15, 0.2) is 0 Å². The molecule has 0 bridgehead atoms. The SMILES string of the molecule is CCCc1ccc(C#Cc2ccc(C#Cc3ccc(C)cc3)c(F)c2)cc1. The first kappa shape index (κ1) is 18.5. The fourth-order valence-corrected chi connectivity index (χ4v) is 2.66. The molecule has 0 atom stereocenters. The zero-order chi connectivity index (χ0) is 19.1. The van der Waals surface area contributed by atoms with Crippen molar-refractivity contribution in [1.29, 1.82) is 0 Å². The van der Waals surface area contributed by atoms with Crippen LogP contribution in [0.3, 0.4) is 0 Å². The summed E-state index contributed by atoms with van der Waals surface area (Å²) in [6.07, 6.45) is 2.20. The topological polar surface area (TPSA) is 0 Å². The molecule has 0 radical (unpaired) electrons. The van der Waals surface area contributed by atoms with E-state index in [4.69, 9.17) is 0 Å². The summed E-state index contributed by atoms with van der Waals surface area (Å²) >= 11 is 0. The molecule has 3 aromatic rings. The summed E-state index contributed by atoms with van der Waals surface area (Å²) in [5.74, 6) is 11.7. The normalized spacial score (nSPS) is 9.74. The minimum Gasteiger partial charge on any atom is -0.206 e. The second kappa shape index (κ2) is 8.88. The quantitative estimate of drug-likeness (QED) is 0.505. The van der Waals surface area contributed by atoms with Gasteiger partial charge < -0.3 is 0 Å². The molecule has 132 valence electrons. The maximum absolute atomic E-state index is 14.3. The third-order valence-electron chi connectivity index (χ3n) is 4.21. The average Bonchev–Trinajstić information content (AvgIpc) is 2.68. The van der Waals surface area contributed by atoms with Crippen molar-refractivity contribution in [2.45, 2.75) is 26.7 Å². The highest BCUT2D eigenvalue weighted by molar-refractivity contribution is 5.48. The van der Waals surface area contributed by atoms with Gasteiger partial charge in [-0.15, -0.1) is 0 Å². The van der Waals surface area contributed by atoms with Crippen molar-refractivity contribution in [3.8, 4) is 23.7 Å². The van der Waals surface area contributed by atoms with E-state index in [-0.39, 0.29) is 5.82 Å². The maximum atomic E-state index is 14.3. The van der Waals surface area contributed by atoms with Crippen molar-refractivity contribution >= 4 is 0 Å². The molecular weight excluding hydrogens is 331 g/mol. The van der Waals surface area contributed by atoms with E-state index in [2.05, 4.69) is 42.7 Å². The van der Waals surface area contributed by atoms with Gasteiger partial charge in [-0.05, 0) is 61.4 Å². The van der Waals surface area contributed by atoms with Gasteiger partial charge >= 0.3 is 0 Å². The Balaban J connectivity index is 1.75. The minimum atomic E-state index is -0.347. The standard InChI is InChI=1S/C26H21F/c1-3-4-21-9-11-23(12-10-21)13-14-24-16-18-25(26(27)19-24)17-15-22-7-5-20(2)6-8-22/h5-12,16,18-19H,3-4H2,1-2H3. The minimum absolute atomic E-state index is 0.347. The molecule has 3 rings (SSSR count). The van der Waals surface area contributed by atoms with Gasteiger partial charge in [0.25, 0.3) is 0 Å².